The van der Waals surface area contributed by atoms with Crippen LogP contribution < -0.4 is 0 Å². The van der Waals surface area contributed by atoms with E-state index in [1.54, 1.807) is 4.90 Å². The van der Waals surface area contributed by atoms with E-state index in [1.807, 2.05) is 0 Å². The Morgan fingerprint density at radius 2 is 1.95 bits per heavy atom. The molecular formula is C15H19F2N3O. The number of halogens is 2. The summed E-state index contributed by atoms with van der Waals surface area (Å²) in [6, 6.07) is 1.60. The highest BCUT2D eigenvalue weighted by Gasteiger charge is 2.32. The number of hydrogen-bond acceptors (Lipinski definition) is 3. The van der Waals surface area contributed by atoms with E-state index in [4.69, 9.17) is 0 Å². The van der Waals surface area contributed by atoms with Gasteiger partial charge in [0.25, 0.3) is 5.91 Å². The Balaban J connectivity index is 1.68. The number of amides is 1. The first-order chi connectivity index (χ1) is 10.2. The van der Waals surface area contributed by atoms with E-state index >= 15 is 0 Å². The SMILES string of the molecule is O=C(c1ccnc(F)c1F)N1CCC(N2CCCCC2)C1. The van der Waals surface area contributed by atoms with Crippen molar-refractivity contribution in [2.75, 3.05) is 26.2 Å². The van der Waals surface area contributed by atoms with Crippen LogP contribution in [0.3, 0.4) is 0 Å². The molecule has 2 aliphatic rings. The summed E-state index contributed by atoms with van der Waals surface area (Å²) in [6.45, 7) is 3.35. The second-order valence-electron chi connectivity index (χ2n) is 5.75. The van der Waals surface area contributed by atoms with Crippen molar-refractivity contribution in [2.45, 2.75) is 31.7 Å². The highest BCUT2D eigenvalue weighted by Crippen LogP contribution is 2.22. The molecular weight excluding hydrogens is 276 g/mol. The second-order valence-corrected chi connectivity index (χ2v) is 5.75. The first kappa shape index (κ1) is 14.4. The largest absolute Gasteiger partial charge is 0.337 e. The minimum absolute atomic E-state index is 0.221. The molecule has 2 aliphatic heterocycles. The molecule has 0 saturated carbocycles. The lowest BCUT2D eigenvalue weighted by molar-refractivity contribution is 0.0765. The van der Waals surface area contributed by atoms with Crippen LogP contribution in [0.1, 0.15) is 36.0 Å². The minimum atomic E-state index is -1.22. The predicted octanol–water partition coefficient (Wildman–Crippen LogP) is 2.06. The number of rotatable bonds is 2. The van der Waals surface area contributed by atoms with E-state index in [1.165, 1.54) is 25.3 Å². The molecule has 1 unspecified atom stereocenters. The third-order valence-corrected chi connectivity index (χ3v) is 4.43. The Kier molecular flexibility index (Phi) is 4.14. The molecule has 114 valence electrons. The van der Waals surface area contributed by atoms with Crippen molar-refractivity contribution in [1.29, 1.82) is 0 Å². The number of nitrogens with zero attached hydrogens (tertiary/aromatic N) is 3. The zero-order valence-corrected chi connectivity index (χ0v) is 11.9. The molecule has 0 aliphatic carbocycles. The zero-order valence-electron chi connectivity index (χ0n) is 11.9. The third kappa shape index (κ3) is 2.90. The lowest BCUT2D eigenvalue weighted by Gasteiger charge is -2.32. The molecule has 2 fully saturated rings. The van der Waals surface area contributed by atoms with Crippen LogP contribution in [0, 0.1) is 11.8 Å². The Labute approximate surface area is 122 Å². The topological polar surface area (TPSA) is 36.4 Å². The van der Waals surface area contributed by atoms with Gasteiger partial charge in [-0.2, -0.15) is 4.39 Å². The molecule has 0 bridgehead atoms. The summed E-state index contributed by atoms with van der Waals surface area (Å²) in [5.41, 5.74) is -0.221. The van der Waals surface area contributed by atoms with Crippen LogP contribution in [-0.4, -0.2) is 52.9 Å². The van der Waals surface area contributed by atoms with Crippen molar-refractivity contribution in [2.24, 2.45) is 0 Å². The van der Waals surface area contributed by atoms with E-state index in [0.29, 0.717) is 19.1 Å². The van der Waals surface area contributed by atoms with Gasteiger partial charge in [0.05, 0.1) is 5.56 Å². The van der Waals surface area contributed by atoms with Gasteiger partial charge in [0.15, 0.2) is 5.82 Å². The van der Waals surface area contributed by atoms with Gasteiger partial charge in [-0.15, -0.1) is 0 Å². The number of aromatic nitrogens is 1. The minimum Gasteiger partial charge on any atom is -0.337 e. The molecule has 2 saturated heterocycles. The van der Waals surface area contributed by atoms with Gasteiger partial charge in [0, 0.05) is 25.3 Å². The standard InChI is InChI=1S/C15H19F2N3O/c16-13-12(4-6-18-14(13)17)15(21)20-9-5-11(10-20)19-7-2-1-3-8-19/h4,6,11H,1-3,5,7-10H2. The first-order valence-corrected chi connectivity index (χ1v) is 7.50. The maximum Gasteiger partial charge on any atom is 0.257 e. The quantitative estimate of drug-likeness (QED) is 0.784. The van der Waals surface area contributed by atoms with Crippen molar-refractivity contribution < 1.29 is 13.6 Å². The Bertz CT molecular complexity index is 532. The van der Waals surface area contributed by atoms with Crippen LogP contribution in [0.4, 0.5) is 8.78 Å². The smallest absolute Gasteiger partial charge is 0.257 e. The molecule has 0 radical (unpaired) electrons. The van der Waals surface area contributed by atoms with Crippen molar-refractivity contribution in [3.63, 3.8) is 0 Å². The lowest BCUT2D eigenvalue weighted by atomic mass is 10.1. The molecule has 1 aromatic rings. The van der Waals surface area contributed by atoms with Crippen molar-refractivity contribution in [3.8, 4) is 0 Å². The zero-order chi connectivity index (χ0) is 14.8. The summed E-state index contributed by atoms with van der Waals surface area (Å²) < 4.78 is 26.8. The molecule has 3 heterocycles. The van der Waals surface area contributed by atoms with Crippen LogP contribution in [0.5, 0.6) is 0 Å². The fourth-order valence-corrected chi connectivity index (χ4v) is 3.26. The van der Waals surface area contributed by atoms with Gasteiger partial charge in [0.2, 0.25) is 5.95 Å². The van der Waals surface area contributed by atoms with Gasteiger partial charge in [0.1, 0.15) is 0 Å². The Morgan fingerprint density at radius 3 is 2.71 bits per heavy atom. The molecule has 0 spiro atoms. The second kappa shape index (κ2) is 6.05. The summed E-state index contributed by atoms with van der Waals surface area (Å²) in [5, 5.41) is 0. The van der Waals surface area contributed by atoms with E-state index in [0.717, 1.165) is 25.7 Å². The predicted molar refractivity (Wildman–Crippen MR) is 73.9 cm³/mol. The van der Waals surface area contributed by atoms with E-state index in [9.17, 15) is 13.6 Å². The number of hydrogen-bond donors (Lipinski definition) is 0. The molecule has 1 atom stereocenters. The van der Waals surface area contributed by atoms with E-state index < -0.39 is 17.7 Å². The highest BCUT2D eigenvalue weighted by atomic mass is 19.2. The average molecular weight is 295 g/mol. The Hall–Kier alpha value is -1.56. The van der Waals surface area contributed by atoms with Crippen molar-refractivity contribution in [3.05, 3.63) is 29.6 Å². The molecule has 0 N–H and O–H groups in total. The van der Waals surface area contributed by atoms with Crippen molar-refractivity contribution >= 4 is 5.91 Å². The lowest BCUT2D eigenvalue weighted by Crippen LogP contribution is -2.41. The third-order valence-electron chi connectivity index (χ3n) is 4.43. The fraction of sp³-hybridized carbons (Fsp3) is 0.600. The van der Waals surface area contributed by atoms with Crippen LogP contribution in [-0.2, 0) is 0 Å². The van der Waals surface area contributed by atoms with Gasteiger partial charge in [-0.05, 0) is 38.4 Å². The molecule has 21 heavy (non-hydrogen) atoms. The van der Waals surface area contributed by atoms with Gasteiger partial charge in [-0.1, -0.05) is 6.42 Å². The van der Waals surface area contributed by atoms with E-state index in [-0.39, 0.29) is 5.56 Å². The molecule has 6 heteroatoms. The summed E-state index contributed by atoms with van der Waals surface area (Å²) in [5.74, 6) is -2.80. The van der Waals surface area contributed by atoms with Gasteiger partial charge >= 0.3 is 0 Å². The molecule has 0 aromatic carbocycles. The van der Waals surface area contributed by atoms with Crippen molar-refractivity contribution in [1.82, 2.24) is 14.8 Å². The fourth-order valence-electron chi connectivity index (χ4n) is 3.26. The van der Waals surface area contributed by atoms with Crippen LogP contribution in [0.2, 0.25) is 0 Å². The van der Waals surface area contributed by atoms with Gasteiger partial charge < -0.3 is 4.90 Å². The molecule has 4 nitrogen and oxygen atoms in total. The monoisotopic (exact) mass is 295 g/mol. The number of carbonyl (C=O) groups excluding carboxylic acids is 1. The Morgan fingerprint density at radius 1 is 1.19 bits per heavy atom. The van der Waals surface area contributed by atoms with Crippen LogP contribution in [0.15, 0.2) is 12.3 Å². The van der Waals surface area contributed by atoms with Gasteiger partial charge in [-0.25, -0.2) is 9.37 Å². The first-order valence-electron chi connectivity index (χ1n) is 7.50. The number of likely N-dealkylation sites (tertiary alicyclic amines) is 2. The molecule has 1 aromatic heterocycles. The summed E-state index contributed by atoms with van der Waals surface area (Å²) in [7, 11) is 0. The maximum absolute atomic E-state index is 13.7. The maximum atomic E-state index is 13.7. The number of pyridine rings is 1. The number of piperidine rings is 1. The normalized spacial score (nSPS) is 23.5. The van der Waals surface area contributed by atoms with Crippen LogP contribution in [0.25, 0.3) is 0 Å². The summed E-state index contributed by atoms with van der Waals surface area (Å²) in [4.78, 5) is 19.6. The molecule has 3 rings (SSSR count). The average Bonchev–Trinajstić information content (AvgIpc) is 3.00. The number of carbonyl (C=O) groups is 1. The van der Waals surface area contributed by atoms with Gasteiger partial charge in [-0.3, -0.25) is 9.69 Å². The highest BCUT2D eigenvalue weighted by molar-refractivity contribution is 5.94. The summed E-state index contributed by atoms with van der Waals surface area (Å²) in [6.07, 6.45) is 5.71. The molecule has 1 amide bonds. The van der Waals surface area contributed by atoms with E-state index in [2.05, 4.69) is 9.88 Å². The van der Waals surface area contributed by atoms with Crippen LogP contribution >= 0.6 is 0 Å². The summed E-state index contributed by atoms with van der Waals surface area (Å²) >= 11 is 0.